The molecule has 1 unspecified atom stereocenters. The molecule has 2 aliphatic rings. The summed E-state index contributed by atoms with van der Waals surface area (Å²) in [7, 11) is 0. The number of rotatable bonds is 5. The predicted molar refractivity (Wildman–Crippen MR) is 106 cm³/mol. The van der Waals surface area contributed by atoms with Crippen LogP contribution in [0.3, 0.4) is 0 Å². The number of hydrogen-bond donors (Lipinski definition) is 1. The van der Waals surface area contributed by atoms with Crippen LogP contribution in [-0.4, -0.2) is 34.3 Å². The number of nitrogens with zero attached hydrogens (tertiary/aromatic N) is 1. The molecule has 9 heteroatoms. The number of alkyl halides is 2. The first-order valence-corrected chi connectivity index (χ1v) is 10.1. The summed E-state index contributed by atoms with van der Waals surface area (Å²) in [4.78, 5) is 49.9. The third kappa shape index (κ3) is 4.02. The molecule has 2 aromatic rings. The monoisotopic (exact) mass is 444 g/mol. The van der Waals surface area contributed by atoms with Crippen LogP contribution in [-0.2, 0) is 33.4 Å². The van der Waals surface area contributed by atoms with Gasteiger partial charge in [-0.25, -0.2) is 4.39 Å². The molecule has 0 saturated heterocycles. The van der Waals surface area contributed by atoms with Gasteiger partial charge in [-0.2, -0.15) is 8.78 Å². The molecule has 0 spiro atoms. The fraction of sp³-hybridized carbons (Fsp3) is 0.304. The van der Waals surface area contributed by atoms with Crippen molar-refractivity contribution >= 4 is 23.4 Å². The number of halogens is 3. The smallest absolute Gasteiger partial charge is 0.346 e. The van der Waals surface area contributed by atoms with Crippen LogP contribution in [0.5, 0.6) is 0 Å². The van der Waals surface area contributed by atoms with Crippen molar-refractivity contribution in [3.63, 3.8) is 0 Å². The number of hydrogen-bond acceptors (Lipinski definition) is 4. The van der Waals surface area contributed by atoms with Crippen molar-refractivity contribution in [3.8, 4) is 0 Å². The molecule has 1 aliphatic heterocycles. The van der Waals surface area contributed by atoms with E-state index in [2.05, 4.69) is 5.32 Å². The van der Waals surface area contributed by atoms with Crippen LogP contribution in [0, 0.1) is 5.82 Å². The number of Topliss-reactive ketones (excluding diaryl/α,β-unsaturated/α-hetero) is 2. The zero-order valence-electron chi connectivity index (χ0n) is 16.9. The first-order chi connectivity index (χ1) is 15.2. The lowest BCUT2D eigenvalue weighted by Crippen LogP contribution is -2.44. The summed E-state index contributed by atoms with van der Waals surface area (Å²) in [5.74, 6) is -6.78. The molecule has 1 saturated carbocycles. The van der Waals surface area contributed by atoms with Crippen molar-refractivity contribution in [2.24, 2.45) is 0 Å². The van der Waals surface area contributed by atoms with Crippen molar-refractivity contribution in [1.82, 2.24) is 10.2 Å². The van der Waals surface area contributed by atoms with E-state index in [4.69, 9.17) is 0 Å². The Kier molecular flexibility index (Phi) is 5.58. The summed E-state index contributed by atoms with van der Waals surface area (Å²) in [6.07, 6.45) is 0.360. The van der Waals surface area contributed by atoms with Crippen LogP contribution in [0.15, 0.2) is 42.5 Å². The van der Waals surface area contributed by atoms with E-state index in [0.29, 0.717) is 23.1 Å². The molecule has 1 N–H and O–H groups in total. The zero-order valence-corrected chi connectivity index (χ0v) is 16.9. The molecular formula is C23H19F3N2O4. The number of carbonyl (C=O) groups is 4. The van der Waals surface area contributed by atoms with Crippen molar-refractivity contribution in [3.05, 3.63) is 70.5 Å². The van der Waals surface area contributed by atoms with Gasteiger partial charge in [-0.15, -0.1) is 0 Å². The van der Waals surface area contributed by atoms with E-state index < -0.39 is 29.3 Å². The summed E-state index contributed by atoms with van der Waals surface area (Å²) in [6.45, 7) is -0.0275. The predicted octanol–water partition coefficient (Wildman–Crippen LogP) is 2.88. The summed E-state index contributed by atoms with van der Waals surface area (Å²) >= 11 is 0. The molecule has 0 aromatic heterocycles. The second-order valence-corrected chi connectivity index (χ2v) is 7.92. The normalized spacial score (nSPS) is 18.7. The first-order valence-electron chi connectivity index (χ1n) is 10.1. The van der Waals surface area contributed by atoms with Crippen LogP contribution in [0.2, 0.25) is 0 Å². The van der Waals surface area contributed by atoms with Gasteiger partial charge in [-0.05, 0) is 47.9 Å². The van der Waals surface area contributed by atoms with Crippen molar-refractivity contribution in [2.45, 2.75) is 44.3 Å². The lowest BCUT2D eigenvalue weighted by Gasteiger charge is -2.29. The molecule has 1 atom stereocenters. The van der Waals surface area contributed by atoms with Crippen LogP contribution in [0.25, 0.3) is 0 Å². The second kappa shape index (κ2) is 8.22. The van der Waals surface area contributed by atoms with Gasteiger partial charge >= 0.3 is 5.92 Å². The average Bonchev–Trinajstić information content (AvgIpc) is 3.08. The quantitative estimate of drug-likeness (QED) is 0.719. The van der Waals surface area contributed by atoms with Gasteiger partial charge in [0.1, 0.15) is 11.6 Å². The first kappa shape index (κ1) is 21.7. The third-order valence-corrected chi connectivity index (χ3v) is 5.76. The largest absolute Gasteiger partial charge is 0.349 e. The third-order valence-electron chi connectivity index (χ3n) is 5.76. The lowest BCUT2D eigenvalue weighted by molar-refractivity contribution is -0.147. The topological polar surface area (TPSA) is 83.6 Å². The highest BCUT2D eigenvalue weighted by Gasteiger charge is 2.41. The Morgan fingerprint density at radius 1 is 1.09 bits per heavy atom. The maximum absolute atomic E-state index is 14.3. The summed E-state index contributed by atoms with van der Waals surface area (Å²) in [5, 5.41) is 2.17. The van der Waals surface area contributed by atoms with E-state index in [1.54, 1.807) is 12.1 Å². The summed E-state index contributed by atoms with van der Waals surface area (Å²) in [5.41, 5.74) is 0.909. The fourth-order valence-corrected chi connectivity index (χ4v) is 4.03. The molecule has 0 radical (unpaired) electrons. The van der Waals surface area contributed by atoms with Gasteiger partial charge in [0.2, 0.25) is 0 Å². The minimum Gasteiger partial charge on any atom is -0.346 e. The van der Waals surface area contributed by atoms with E-state index in [1.807, 2.05) is 0 Å². The molecule has 6 nitrogen and oxygen atoms in total. The number of ketones is 2. The van der Waals surface area contributed by atoms with Crippen molar-refractivity contribution in [1.29, 1.82) is 0 Å². The Balaban J connectivity index is 1.43. The van der Waals surface area contributed by atoms with E-state index >= 15 is 0 Å². The average molecular weight is 444 g/mol. The van der Waals surface area contributed by atoms with E-state index in [0.717, 1.165) is 24.3 Å². The molecule has 2 aromatic carbocycles. The van der Waals surface area contributed by atoms with Gasteiger partial charge in [0.15, 0.2) is 5.78 Å². The van der Waals surface area contributed by atoms with Gasteiger partial charge < -0.3 is 10.2 Å². The molecular weight excluding hydrogens is 425 g/mol. The van der Waals surface area contributed by atoms with Crippen molar-refractivity contribution < 1.29 is 32.3 Å². The van der Waals surface area contributed by atoms with Crippen LogP contribution < -0.4 is 5.32 Å². The van der Waals surface area contributed by atoms with Crippen LogP contribution in [0.4, 0.5) is 13.2 Å². The molecule has 2 amide bonds. The van der Waals surface area contributed by atoms with Gasteiger partial charge in [-0.1, -0.05) is 12.1 Å². The number of benzene rings is 2. The molecule has 1 heterocycles. The Labute approximate surface area is 181 Å². The maximum Gasteiger partial charge on any atom is 0.349 e. The SMILES string of the molecule is O=C1CCC(N2Cc3cc(CNC(=O)C(F)(F)c4ccc(F)cc4)ccc3C2=O)C(=O)C1. The molecule has 32 heavy (non-hydrogen) atoms. The van der Waals surface area contributed by atoms with E-state index in [9.17, 15) is 32.3 Å². The second-order valence-electron chi connectivity index (χ2n) is 7.92. The Bertz CT molecular complexity index is 1110. The molecule has 4 rings (SSSR count). The van der Waals surface area contributed by atoms with Gasteiger partial charge in [0.05, 0.1) is 12.5 Å². The molecule has 166 valence electrons. The van der Waals surface area contributed by atoms with Gasteiger partial charge in [-0.3, -0.25) is 19.2 Å². The highest BCUT2D eigenvalue weighted by Crippen LogP contribution is 2.30. The van der Waals surface area contributed by atoms with Gasteiger partial charge in [0, 0.05) is 30.6 Å². The highest BCUT2D eigenvalue weighted by atomic mass is 19.3. The minimum atomic E-state index is -3.84. The van der Waals surface area contributed by atoms with Crippen molar-refractivity contribution in [2.75, 3.05) is 0 Å². The van der Waals surface area contributed by atoms with Crippen LogP contribution >= 0.6 is 0 Å². The highest BCUT2D eigenvalue weighted by molar-refractivity contribution is 6.07. The zero-order chi connectivity index (χ0) is 23.0. The minimum absolute atomic E-state index is 0.133. The van der Waals surface area contributed by atoms with Gasteiger partial charge in [0.25, 0.3) is 11.8 Å². The Hall–Kier alpha value is -3.49. The maximum atomic E-state index is 14.3. The summed E-state index contributed by atoms with van der Waals surface area (Å²) < 4.78 is 41.6. The Morgan fingerprint density at radius 2 is 1.81 bits per heavy atom. The molecule has 0 bridgehead atoms. The number of fused-ring (bicyclic) bond motifs is 1. The number of amides is 2. The lowest BCUT2D eigenvalue weighted by atomic mass is 9.92. The van der Waals surface area contributed by atoms with E-state index in [-0.39, 0.29) is 43.4 Å². The fourth-order valence-electron chi connectivity index (χ4n) is 4.03. The number of nitrogens with one attached hydrogen (secondary N) is 1. The standard InChI is InChI=1S/C23H19F3N2O4/c24-16-4-2-15(3-5-16)23(25,26)22(32)27-11-13-1-7-18-14(9-13)12-28(21(18)31)19-8-6-17(29)10-20(19)30/h1-5,7,9,19H,6,8,10-12H2,(H,27,32). The molecule has 1 fully saturated rings. The molecule has 1 aliphatic carbocycles. The number of carbonyl (C=O) groups excluding carboxylic acids is 4. The van der Waals surface area contributed by atoms with E-state index in [1.165, 1.54) is 11.0 Å². The Morgan fingerprint density at radius 3 is 2.50 bits per heavy atom. The van der Waals surface area contributed by atoms with Crippen LogP contribution in [0.1, 0.15) is 46.3 Å². The summed E-state index contributed by atoms with van der Waals surface area (Å²) in [6, 6.07) is 7.47.